The summed E-state index contributed by atoms with van der Waals surface area (Å²) in [4.78, 5) is 11.8. The average molecular weight is 338 g/mol. The Balaban J connectivity index is 2.19. The Kier molecular flexibility index (Phi) is 4.84. The van der Waals surface area contributed by atoms with E-state index in [4.69, 9.17) is 0 Å². The number of thiophene rings is 1. The van der Waals surface area contributed by atoms with Crippen LogP contribution >= 0.6 is 11.3 Å². The van der Waals surface area contributed by atoms with Crippen LogP contribution in [0.4, 0.5) is 5.69 Å². The van der Waals surface area contributed by atoms with Gasteiger partial charge < -0.3 is 10.4 Å². The molecule has 0 aliphatic rings. The van der Waals surface area contributed by atoms with Crippen LogP contribution in [0.3, 0.4) is 0 Å². The zero-order valence-corrected chi connectivity index (χ0v) is 13.1. The lowest BCUT2D eigenvalue weighted by Crippen LogP contribution is -2.23. The van der Waals surface area contributed by atoms with E-state index in [1.165, 1.54) is 30.3 Å². The minimum atomic E-state index is -3.69. The molecule has 0 unspecified atom stereocenters. The molecule has 0 saturated carbocycles. The molecule has 0 aliphatic carbocycles. The molecule has 116 valence electrons. The lowest BCUT2D eigenvalue weighted by molar-refractivity contribution is 0.0955. The summed E-state index contributed by atoms with van der Waals surface area (Å²) >= 11 is 1.08. The van der Waals surface area contributed by atoms with E-state index in [1.807, 2.05) is 0 Å². The van der Waals surface area contributed by atoms with Crippen LogP contribution in [0, 0.1) is 0 Å². The van der Waals surface area contributed by atoms with E-state index in [0.717, 1.165) is 11.3 Å². The quantitative estimate of drug-likeness (QED) is 0.703. The molecular weight excluding hydrogens is 324 g/mol. The van der Waals surface area contributed by atoms with E-state index in [0.29, 0.717) is 0 Å². The third kappa shape index (κ3) is 3.66. The van der Waals surface area contributed by atoms with Gasteiger partial charge in [0.2, 0.25) is 0 Å². The number of sulfonamides is 1. The maximum absolute atomic E-state index is 12.1. The third-order valence-electron chi connectivity index (χ3n) is 2.66. The number of hydrogen-bond donors (Lipinski definition) is 3. The predicted octanol–water partition coefficient (Wildman–Crippen LogP) is 2.17. The second-order valence-electron chi connectivity index (χ2n) is 4.27. The van der Waals surface area contributed by atoms with Crippen molar-refractivity contribution in [3.8, 4) is 5.75 Å². The van der Waals surface area contributed by atoms with E-state index >= 15 is 0 Å². The fourth-order valence-electron chi connectivity index (χ4n) is 1.67. The number of rotatable bonds is 6. The first-order chi connectivity index (χ1) is 10.4. The highest BCUT2D eigenvalue weighted by molar-refractivity contribution is 7.94. The molecule has 0 saturated heterocycles. The molecule has 0 atom stereocenters. The zero-order valence-electron chi connectivity index (χ0n) is 11.4. The standard InChI is InChI=1S/C14H14N2O4S2/c1-2-7-15-14(18)11-6-5-10(9-12(11)17)16-22(19,20)13-4-3-8-21-13/h2-6,8-9,16-17H,1,7H2,(H,15,18). The molecule has 3 N–H and O–H groups in total. The Morgan fingerprint density at radius 2 is 2.14 bits per heavy atom. The third-order valence-corrected chi connectivity index (χ3v) is 5.44. The van der Waals surface area contributed by atoms with Crippen molar-refractivity contribution in [1.29, 1.82) is 0 Å². The molecule has 2 rings (SSSR count). The SMILES string of the molecule is C=CCNC(=O)c1ccc(NS(=O)(=O)c2cccs2)cc1O. The largest absolute Gasteiger partial charge is 0.507 e. The van der Waals surface area contributed by atoms with Gasteiger partial charge in [0.25, 0.3) is 15.9 Å². The second kappa shape index (κ2) is 6.63. The summed E-state index contributed by atoms with van der Waals surface area (Å²) < 4.78 is 26.6. The van der Waals surface area contributed by atoms with Gasteiger partial charge in [-0.3, -0.25) is 9.52 Å². The molecule has 1 aromatic heterocycles. The summed E-state index contributed by atoms with van der Waals surface area (Å²) in [6.07, 6.45) is 1.51. The normalized spacial score (nSPS) is 10.9. The first-order valence-electron chi connectivity index (χ1n) is 6.22. The summed E-state index contributed by atoms with van der Waals surface area (Å²) in [6.45, 7) is 3.74. The summed E-state index contributed by atoms with van der Waals surface area (Å²) in [5, 5.41) is 14.0. The van der Waals surface area contributed by atoms with Gasteiger partial charge in [0.05, 0.1) is 11.3 Å². The Morgan fingerprint density at radius 1 is 1.36 bits per heavy atom. The summed E-state index contributed by atoms with van der Waals surface area (Å²) in [5.41, 5.74) is 0.229. The smallest absolute Gasteiger partial charge is 0.271 e. The van der Waals surface area contributed by atoms with Crippen molar-refractivity contribution < 1.29 is 18.3 Å². The fourth-order valence-corrected chi connectivity index (χ4v) is 3.71. The van der Waals surface area contributed by atoms with E-state index in [9.17, 15) is 18.3 Å². The molecule has 8 heteroatoms. The molecule has 0 aliphatic heterocycles. The van der Waals surface area contributed by atoms with Crippen molar-refractivity contribution in [2.45, 2.75) is 4.21 Å². The maximum atomic E-state index is 12.1. The van der Waals surface area contributed by atoms with Gasteiger partial charge in [-0.25, -0.2) is 8.42 Å². The molecule has 1 aromatic carbocycles. The predicted molar refractivity (Wildman–Crippen MR) is 85.8 cm³/mol. The highest BCUT2D eigenvalue weighted by atomic mass is 32.2. The number of carbonyl (C=O) groups is 1. The van der Waals surface area contributed by atoms with Crippen LogP contribution in [0.25, 0.3) is 0 Å². The van der Waals surface area contributed by atoms with Crippen LogP contribution in [-0.4, -0.2) is 26.0 Å². The molecular formula is C14H14N2O4S2. The van der Waals surface area contributed by atoms with E-state index in [1.54, 1.807) is 11.4 Å². The number of carbonyl (C=O) groups excluding carboxylic acids is 1. The number of aromatic hydroxyl groups is 1. The maximum Gasteiger partial charge on any atom is 0.271 e. The first kappa shape index (κ1) is 16.1. The summed E-state index contributed by atoms with van der Waals surface area (Å²) in [5.74, 6) is -0.780. The van der Waals surface area contributed by atoms with Crippen LogP contribution in [-0.2, 0) is 10.0 Å². The molecule has 0 bridgehead atoms. The Morgan fingerprint density at radius 3 is 2.73 bits per heavy atom. The number of phenolic OH excluding ortho intramolecular Hbond substituents is 1. The second-order valence-corrected chi connectivity index (χ2v) is 7.13. The molecule has 2 aromatic rings. The van der Waals surface area contributed by atoms with E-state index in [-0.39, 0.29) is 27.8 Å². The fraction of sp³-hybridized carbons (Fsp3) is 0.0714. The van der Waals surface area contributed by atoms with Gasteiger partial charge in [0.1, 0.15) is 9.96 Å². The topological polar surface area (TPSA) is 95.5 Å². The molecule has 0 spiro atoms. The van der Waals surface area contributed by atoms with Gasteiger partial charge in [-0.05, 0) is 23.6 Å². The number of amides is 1. The monoisotopic (exact) mass is 338 g/mol. The molecule has 0 fully saturated rings. The van der Waals surface area contributed by atoms with Crippen LogP contribution in [0.2, 0.25) is 0 Å². The van der Waals surface area contributed by atoms with Gasteiger partial charge in [-0.2, -0.15) is 0 Å². The van der Waals surface area contributed by atoms with Crippen molar-refractivity contribution in [2.24, 2.45) is 0 Å². The van der Waals surface area contributed by atoms with E-state index in [2.05, 4.69) is 16.6 Å². The number of phenols is 1. The number of anilines is 1. The van der Waals surface area contributed by atoms with Gasteiger partial charge >= 0.3 is 0 Å². The minimum Gasteiger partial charge on any atom is -0.507 e. The van der Waals surface area contributed by atoms with Crippen LogP contribution in [0.15, 0.2) is 52.6 Å². The highest BCUT2D eigenvalue weighted by Crippen LogP contribution is 2.25. The average Bonchev–Trinajstić information content (AvgIpc) is 2.99. The first-order valence-corrected chi connectivity index (χ1v) is 8.59. The van der Waals surface area contributed by atoms with Crippen molar-refractivity contribution in [3.05, 3.63) is 53.9 Å². The Bertz CT molecular complexity index is 783. The lowest BCUT2D eigenvalue weighted by Gasteiger charge is -2.09. The highest BCUT2D eigenvalue weighted by Gasteiger charge is 2.17. The number of nitrogens with one attached hydrogen (secondary N) is 2. The molecule has 1 heterocycles. The van der Waals surface area contributed by atoms with Crippen LogP contribution in [0.1, 0.15) is 10.4 Å². The number of hydrogen-bond acceptors (Lipinski definition) is 5. The van der Waals surface area contributed by atoms with Crippen LogP contribution < -0.4 is 10.0 Å². The lowest BCUT2D eigenvalue weighted by atomic mass is 10.1. The summed E-state index contributed by atoms with van der Waals surface area (Å²) in [7, 11) is -3.69. The van der Waals surface area contributed by atoms with Crippen molar-refractivity contribution >= 4 is 33.0 Å². The Labute approximate surface area is 132 Å². The summed E-state index contributed by atoms with van der Waals surface area (Å²) in [6, 6.07) is 7.05. The molecule has 1 amide bonds. The van der Waals surface area contributed by atoms with Gasteiger partial charge in [0.15, 0.2) is 0 Å². The Hall–Kier alpha value is -2.32. The molecule has 0 radical (unpaired) electrons. The van der Waals surface area contributed by atoms with Crippen LogP contribution in [0.5, 0.6) is 5.75 Å². The molecule has 22 heavy (non-hydrogen) atoms. The van der Waals surface area contributed by atoms with Crippen molar-refractivity contribution in [3.63, 3.8) is 0 Å². The van der Waals surface area contributed by atoms with Gasteiger partial charge in [-0.1, -0.05) is 12.1 Å². The minimum absolute atomic E-state index is 0.0564. The van der Waals surface area contributed by atoms with E-state index < -0.39 is 15.9 Å². The zero-order chi connectivity index (χ0) is 16.2. The van der Waals surface area contributed by atoms with Crippen molar-refractivity contribution in [1.82, 2.24) is 5.32 Å². The number of benzene rings is 1. The van der Waals surface area contributed by atoms with Crippen molar-refractivity contribution in [2.75, 3.05) is 11.3 Å². The molecule has 6 nitrogen and oxygen atoms in total. The van der Waals surface area contributed by atoms with Gasteiger partial charge in [-0.15, -0.1) is 17.9 Å². The van der Waals surface area contributed by atoms with Gasteiger partial charge in [0, 0.05) is 12.6 Å².